The van der Waals surface area contributed by atoms with E-state index in [1.54, 1.807) is 7.11 Å². The average Bonchev–Trinajstić information content (AvgIpc) is 2.46. The van der Waals surface area contributed by atoms with Crippen LogP contribution in [0.3, 0.4) is 0 Å². The number of para-hydroxylation sites is 2. The van der Waals surface area contributed by atoms with Gasteiger partial charge in [0.15, 0.2) is 11.5 Å². The number of hydrogen-bond donors (Lipinski definition) is 1. The molecule has 114 valence electrons. The SMILES string of the molecule is CCCNCC(CCOc1ccccc1OC)C(C)C. The van der Waals surface area contributed by atoms with Crippen LogP contribution in [0.5, 0.6) is 11.5 Å². The van der Waals surface area contributed by atoms with Crippen molar-refractivity contribution in [2.75, 3.05) is 26.8 Å². The fraction of sp³-hybridized carbons (Fsp3) is 0.647. The van der Waals surface area contributed by atoms with Gasteiger partial charge in [0.2, 0.25) is 0 Å². The lowest BCUT2D eigenvalue weighted by molar-refractivity contribution is 0.236. The Bertz CT molecular complexity index is 366. The maximum atomic E-state index is 5.86. The molecule has 1 atom stereocenters. The normalized spacial score (nSPS) is 12.4. The van der Waals surface area contributed by atoms with Gasteiger partial charge in [-0.25, -0.2) is 0 Å². The molecule has 0 spiro atoms. The molecule has 0 radical (unpaired) electrons. The molecule has 0 saturated heterocycles. The lowest BCUT2D eigenvalue weighted by Gasteiger charge is -2.21. The zero-order valence-electron chi connectivity index (χ0n) is 13.3. The lowest BCUT2D eigenvalue weighted by atomic mass is 9.93. The van der Waals surface area contributed by atoms with Gasteiger partial charge in [-0.2, -0.15) is 0 Å². The predicted octanol–water partition coefficient (Wildman–Crippen LogP) is 3.74. The summed E-state index contributed by atoms with van der Waals surface area (Å²) in [6.07, 6.45) is 2.24. The van der Waals surface area contributed by atoms with Gasteiger partial charge in [0.05, 0.1) is 13.7 Å². The lowest BCUT2D eigenvalue weighted by Crippen LogP contribution is -2.28. The van der Waals surface area contributed by atoms with Crippen LogP contribution in [0.1, 0.15) is 33.6 Å². The molecule has 3 nitrogen and oxygen atoms in total. The van der Waals surface area contributed by atoms with Crippen LogP contribution in [0, 0.1) is 11.8 Å². The number of nitrogens with one attached hydrogen (secondary N) is 1. The summed E-state index contributed by atoms with van der Waals surface area (Å²) in [5, 5.41) is 3.51. The second-order valence-corrected chi connectivity index (χ2v) is 5.50. The highest BCUT2D eigenvalue weighted by Crippen LogP contribution is 2.26. The summed E-state index contributed by atoms with van der Waals surface area (Å²) in [6.45, 7) is 9.65. The summed E-state index contributed by atoms with van der Waals surface area (Å²) in [6, 6.07) is 7.81. The van der Waals surface area contributed by atoms with Crippen molar-refractivity contribution in [1.82, 2.24) is 5.32 Å². The van der Waals surface area contributed by atoms with Crippen molar-refractivity contribution in [3.63, 3.8) is 0 Å². The van der Waals surface area contributed by atoms with Crippen molar-refractivity contribution in [3.05, 3.63) is 24.3 Å². The minimum atomic E-state index is 0.649. The van der Waals surface area contributed by atoms with Crippen molar-refractivity contribution in [1.29, 1.82) is 0 Å². The van der Waals surface area contributed by atoms with Gasteiger partial charge in [-0.1, -0.05) is 32.9 Å². The number of ether oxygens (including phenoxy) is 2. The molecule has 0 aliphatic heterocycles. The first-order valence-corrected chi connectivity index (χ1v) is 7.65. The summed E-state index contributed by atoms with van der Waals surface area (Å²) in [4.78, 5) is 0. The quantitative estimate of drug-likeness (QED) is 0.662. The molecule has 20 heavy (non-hydrogen) atoms. The van der Waals surface area contributed by atoms with Gasteiger partial charge in [0.25, 0.3) is 0 Å². The van der Waals surface area contributed by atoms with Gasteiger partial charge in [-0.05, 0) is 49.9 Å². The molecular formula is C17H29NO2. The summed E-state index contributed by atoms with van der Waals surface area (Å²) in [7, 11) is 1.67. The second kappa shape index (κ2) is 9.65. The molecule has 1 aromatic carbocycles. The third-order valence-corrected chi connectivity index (χ3v) is 3.59. The Morgan fingerprint density at radius 3 is 2.45 bits per heavy atom. The maximum Gasteiger partial charge on any atom is 0.161 e. The van der Waals surface area contributed by atoms with E-state index in [-0.39, 0.29) is 0 Å². The van der Waals surface area contributed by atoms with Gasteiger partial charge in [0.1, 0.15) is 0 Å². The maximum absolute atomic E-state index is 5.86. The Morgan fingerprint density at radius 1 is 1.15 bits per heavy atom. The van der Waals surface area contributed by atoms with E-state index in [1.807, 2.05) is 24.3 Å². The Balaban J connectivity index is 2.39. The molecule has 1 rings (SSSR count). The minimum Gasteiger partial charge on any atom is -0.493 e. The van der Waals surface area contributed by atoms with Crippen LogP contribution in [-0.4, -0.2) is 26.8 Å². The molecule has 0 bridgehead atoms. The Labute approximate surface area is 123 Å². The van der Waals surface area contributed by atoms with Crippen molar-refractivity contribution in [2.24, 2.45) is 11.8 Å². The molecule has 3 heteroatoms. The molecule has 0 aromatic heterocycles. The van der Waals surface area contributed by atoms with Crippen LogP contribution in [0.25, 0.3) is 0 Å². The monoisotopic (exact) mass is 279 g/mol. The van der Waals surface area contributed by atoms with E-state index in [0.29, 0.717) is 11.8 Å². The third kappa shape index (κ3) is 5.83. The third-order valence-electron chi connectivity index (χ3n) is 3.59. The van der Waals surface area contributed by atoms with E-state index in [4.69, 9.17) is 9.47 Å². The van der Waals surface area contributed by atoms with Gasteiger partial charge < -0.3 is 14.8 Å². The Morgan fingerprint density at radius 2 is 1.85 bits per heavy atom. The van der Waals surface area contributed by atoms with Crippen molar-refractivity contribution >= 4 is 0 Å². The van der Waals surface area contributed by atoms with E-state index in [1.165, 1.54) is 6.42 Å². The molecule has 1 unspecified atom stereocenters. The van der Waals surface area contributed by atoms with Crippen molar-refractivity contribution in [3.8, 4) is 11.5 Å². The van der Waals surface area contributed by atoms with E-state index in [2.05, 4.69) is 26.1 Å². The molecule has 0 heterocycles. The molecule has 1 N–H and O–H groups in total. The Kier molecular flexibility index (Phi) is 8.12. The summed E-state index contributed by atoms with van der Waals surface area (Å²) in [5.41, 5.74) is 0. The van der Waals surface area contributed by atoms with Crippen molar-refractivity contribution < 1.29 is 9.47 Å². The predicted molar refractivity (Wildman–Crippen MR) is 84.6 cm³/mol. The smallest absolute Gasteiger partial charge is 0.161 e. The average molecular weight is 279 g/mol. The summed E-state index contributed by atoms with van der Waals surface area (Å²) >= 11 is 0. The first-order valence-electron chi connectivity index (χ1n) is 7.65. The fourth-order valence-electron chi connectivity index (χ4n) is 2.19. The highest BCUT2D eigenvalue weighted by molar-refractivity contribution is 5.39. The van der Waals surface area contributed by atoms with Crippen molar-refractivity contribution in [2.45, 2.75) is 33.6 Å². The number of benzene rings is 1. The zero-order valence-corrected chi connectivity index (χ0v) is 13.3. The van der Waals surface area contributed by atoms with Crippen LogP contribution < -0.4 is 14.8 Å². The number of methoxy groups -OCH3 is 1. The fourth-order valence-corrected chi connectivity index (χ4v) is 2.19. The number of rotatable bonds is 10. The number of hydrogen-bond acceptors (Lipinski definition) is 3. The first kappa shape index (κ1) is 16.8. The molecular weight excluding hydrogens is 250 g/mol. The van der Waals surface area contributed by atoms with Gasteiger partial charge in [0, 0.05) is 0 Å². The van der Waals surface area contributed by atoms with Crippen LogP contribution in [0.15, 0.2) is 24.3 Å². The largest absolute Gasteiger partial charge is 0.493 e. The van der Waals surface area contributed by atoms with E-state index in [0.717, 1.165) is 37.6 Å². The van der Waals surface area contributed by atoms with Crippen LogP contribution >= 0.6 is 0 Å². The van der Waals surface area contributed by atoms with E-state index >= 15 is 0 Å². The van der Waals surface area contributed by atoms with Gasteiger partial charge >= 0.3 is 0 Å². The molecule has 0 amide bonds. The topological polar surface area (TPSA) is 30.5 Å². The summed E-state index contributed by atoms with van der Waals surface area (Å²) < 4.78 is 11.2. The standard InChI is InChI=1S/C17H29NO2/c1-5-11-18-13-15(14(2)3)10-12-20-17-9-7-6-8-16(17)19-4/h6-9,14-15,18H,5,10-13H2,1-4H3. The molecule has 0 aliphatic carbocycles. The zero-order chi connectivity index (χ0) is 14.8. The highest BCUT2D eigenvalue weighted by Gasteiger charge is 2.13. The molecule has 0 saturated carbocycles. The van der Waals surface area contributed by atoms with E-state index in [9.17, 15) is 0 Å². The second-order valence-electron chi connectivity index (χ2n) is 5.50. The van der Waals surface area contributed by atoms with Gasteiger partial charge in [-0.15, -0.1) is 0 Å². The van der Waals surface area contributed by atoms with Crippen LogP contribution in [0.4, 0.5) is 0 Å². The molecule has 1 aromatic rings. The summed E-state index contributed by atoms with van der Waals surface area (Å²) in [5.74, 6) is 2.95. The molecule has 0 fully saturated rings. The minimum absolute atomic E-state index is 0.649. The van der Waals surface area contributed by atoms with Crippen LogP contribution in [-0.2, 0) is 0 Å². The van der Waals surface area contributed by atoms with E-state index < -0.39 is 0 Å². The van der Waals surface area contributed by atoms with Gasteiger partial charge in [-0.3, -0.25) is 0 Å². The van der Waals surface area contributed by atoms with Crippen LogP contribution in [0.2, 0.25) is 0 Å². The highest BCUT2D eigenvalue weighted by atomic mass is 16.5. The first-order chi connectivity index (χ1) is 9.69. The Hall–Kier alpha value is -1.22. The molecule has 0 aliphatic rings.